The third-order valence-corrected chi connectivity index (χ3v) is 1.73. The summed E-state index contributed by atoms with van der Waals surface area (Å²) in [6.07, 6.45) is 3.20. The van der Waals surface area contributed by atoms with Crippen LogP contribution in [0.1, 0.15) is 0 Å². The van der Waals surface area contributed by atoms with Gasteiger partial charge in [-0.1, -0.05) is 0 Å². The Morgan fingerprint density at radius 2 is 1.43 bits per heavy atom. The monoisotopic (exact) mass is 188 g/mol. The number of hydrogen-bond acceptors (Lipinski definition) is 4. The second-order valence-electron chi connectivity index (χ2n) is 2.81. The van der Waals surface area contributed by atoms with E-state index in [9.17, 15) is 10.2 Å². The minimum Gasteiger partial charge on any atom is -0.508 e. The molecule has 14 heavy (non-hydrogen) atoms. The summed E-state index contributed by atoms with van der Waals surface area (Å²) in [6, 6.07) is 5.95. The van der Waals surface area contributed by atoms with Crippen molar-refractivity contribution in [2.45, 2.75) is 0 Å². The molecule has 0 unspecified atom stereocenters. The van der Waals surface area contributed by atoms with Crippen molar-refractivity contribution in [1.82, 2.24) is 9.97 Å². The zero-order chi connectivity index (χ0) is 9.97. The molecule has 0 aliphatic heterocycles. The van der Waals surface area contributed by atoms with Gasteiger partial charge in [-0.05, 0) is 18.2 Å². The van der Waals surface area contributed by atoms with E-state index in [-0.39, 0.29) is 11.5 Å². The molecule has 2 rings (SSSR count). The van der Waals surface area contributed by atoms with Gasteiger partial charge >= 0.3 is 0 Å². The molecular weight excluding hydrogens is 180 g/mol. The third kappa shape index (κ3) is 1.64. The Morgan fingerprint density at radius 3 is 2.00 bits per heavy atom. The van der Waals surface area contributed by atoms with Gasteiger partial charge in [-0.25, -0.2) is 9.97 Å². The average Bonchev–Trinajstić information content (AvgIpc) is 2.18. The summed E-state index contributed by atoms with van der Waals surface area (Å²) in [5.74, 6) is 0.457. The number of nitrogens with zero attached hydrogens (tertiary/aromatic N) is 2. The molecule has 4 nitrogen and oxygen atoms in total. The van der Waals surface area contributed by atoms with E-state index in [0.717, 1.165) is 0 Å². The Hall–Kier alpha value is -2.10. The topological polar surface area (TPSA) is 66.2 Å². The number of aromatic hydroxyl groups is 2. The maximum Gasteiger partial charge on any atom is 0.159 e. The molecule has 2 aromatic rings. The molecule has 0 saturated carbocycles. The van der Waals surface area contributed by atoms with Gasteiger partial charge in [-0.15, -0.1) is 0 Å². The molecule has 0 aliphatic rings. The van der Waals surface area contributed by atoms with E-state index < -0.39 is 0 Å². The number of phenols is 2. The van der Waals surface area contributed by atoms with Crippen LogP contribution in [-0.2, 0) is 0 Å². The van der Waals surface area contributed by atoms with Crippen molar-refractivity contribution in [3.8, 4) is 22.9 Å². The van der Waals surface area contributed by atoms with Gasteiger partial charge in [0.05, 0.1) is 0 Å². The molecule has 0 spiro atoms. The smallest absolute Gasteiger partial charge is 0.159 e. The number of phenolic OH excluding ortho intramolecular Hbond substituents is 2. The second kappa shape index (κ2) is 3.33. The second-order valence-corrected chi connectivity index (χ2v) is 2.81. The van der Waals surface area contributed by atoms with E-state index in [0.29, 0.717) is 11.4 Å². The highest BCUT2D eigenvalue weighted by atomic mass is 16.3. The predicted molar refractivity (Wildman–Crippen MR) is 50.8 cm³/mol. The number of hydrogen-bond donors (Lipinski definition) is 2. The van der Waals surface area contributed by atoms with Crippen molar-refractivity contribution in [2.24, 2.45) is 0 Å². The number of aromatic nitrogens is 2. The quantitative estimate of drug-likeness (QED) is 0.712. The molecular formula is C10H8N2O2. The molecule has 2 N–H and O–H groups in total. The van der Waals surface area contributed by atoms with E-state index in [1.165, 1.54) is 18.2 Å². The van der Waals surface area contributed by atoms with Crippen molar-refractivity contribution in [1.29, 1.82) is 0 Å². The lowest BCUT2D eigenvalue weighted by Crippen LogP contribution is -1.86. The van der Waals surface area contributed by atoms with E-state index in [2.05, 4.69) is 9.97 Å². The summed E-state index contributed by atoms with van der Waals surface area (Å²) in [4.78, 5) is 8.00. The largest absolute Gasteiger partial charge is 0.508 e. The summed E-state index contributed by atoms with van der Waals surface area (Å²) in [5.41, 5.74) is 0.586. The minimum absolute atomic E-state index is 0.00699. The molecule has 1 heterocycles. The molecule has 0 bridgehead atoms. The fourth-order valence-corrected chi connectivity index (χ4v) is 1.17. The molecule has 0 radical (unpaired) electrons. The number of benzene rings is 1. The molecule has 1 aromatic carbocycles. The average molecular weight is 188 g/mol. The lowest BCUT2D eigenvalue weighted by atomic mass is 10.2. The highest BCUT2D eigenvalue weighted by Gasteiger charge is 2.03. The Bertz CT molecular complexity index is 423. The first-order chi connectivity index (χ1) is 6.75. The van der Waals surface area contributed by atoms with Gasteiger partial charge in [0.2, 0.25) is 0 Å². The first kappa shape index (κ1) is 8.50. The van der Waals surface area contributed by atoms with Crippen LogP contribution in [0.2, 0.25) is 0 Å². The van der Waals surface area contributed by atoms with Gasteiger partial charge in [0.25, 0.3) is 0 Å². The van der Waals surface area contributed by atoms with Crippen LogP contribution >= 0.6 is 0 Å². The molecule has 0 fully saturated rings. The van der Waals surface area contributed by atoms with Crippen LogP contribution in [0.15, 0.2) is 36.7 Å². The van der Waals surface area contributed by atoms with E-state index in [1.807, 2.05) is 0 Å². The molecule has 70 valence electrons. The van der Waals surface area contributed by atoms with Crippen LogP contribution in [0.5, 0.6) is 11.5 Å². The maximum absolute atomic E-state index is 9.24. The maximum atomic E-state index is 9.24. The fourth-order valence-electron chi connectivity index (χ4n) is 1.17. The van der Waals surface area contributed by atoms with Crippen LogP contribution < -0.4 is 0 Å². The van der Waals surface area contributed by atoms with Crippen LogP contribution in [0, 0.1) is 0 Å². The van der Waals surface area contributed by atoms with E-state index >= 15 is 0 Å². The standard InChI is InChI=1S/C10H8N2O2/c13-8-4-7(5-9(14)6-8)10-11-2-1-3-12-10/h1-6,13-14H. The fraction of sp³-hybridized carbons (Fsp3) is 0. The number of rotatable bonds is 1. The van der Waals surface area contributed by atoms with Crippen LogP contribution in [-0.4, -0.2) is 20.2 Å². The van der Waals surface area contributed by atoms with Gasteiger partial charge in [0.1, 0.15) is 11.5 Å². The highest BCUT2D eigenvalue weighted by molar-refractivity contribution is 5.59. The van der Waals surface area contributed by atoms with Crippen molar-refractivity contribution in [3.05, 3.63) is 36.7 Å². The third-order valence-electron chi connectivity index (χ3n) is 1.73. The summed E-state index contributed by atoms with van der Waals surface area (Å²) in [6.45, 7) is 0. The van der Waals surface area contributed by atoms with Crippen molar-refractivity contribution < 1.29 is 10.2 Å². The van der Waals surface area contributed by atoms with Crippen molar-refractivity contribution in [3.63, 3.8) is 0 Å². The zero-order valence-electron chi connectivity index (χ0n) is 7.25. The molecule has 0 aliphatic carbocycles. The predicted octanol–water partition coefficient (Wildman–Crippen LogP) is 1.55. The van der Waals surface area contributed by atoms with Gasteiger partial charge in [0, 0.05) is 24.0 Å². The molecule has 0 amide bonds. The van der Waals surface area contributed by atoms with Crippen LogP contribution in [0.4, 0.5) is 0 Å². The van der Waals surface area contributed by atoms with Gasteiger partial charge in [-0.3, -0.25) is 0 Å². The lowest BCUT2D eigenvalue weighted by molar-refractivity contribution is 0.451. The van der Waals surface area contributed by atoms with Crippen LogP contribution in [0.25, 0.3) is 11.4 Å². The van der Waals surface area contributed by atoms with Gasteiger partial charge in [0.15, 0.2) is 5.82 Å². The first-order valence-corrected chi connectivity index (χ1v) is 4.06. The summed E-state index contributed by atoms with van der Waals surface area (Å²) in [5, 5.41) is 18.5. The van der Waals surface area contributed by atoms with Gasteiger partial charge in [-0.2, -0.15) is 0 Å². The molecule has 0 saturated heterocycles. The van der Waals surface area contributed by atoms with E-state index in [4.69, 9.17) is 0 Å². The lowest BCUT2D eigenvalue weighted by Gasteiger charge is -2.01. The Kier molecular flexibility index (Phi) is 2.02. The highest BCUT2D eigenvalue weighted by Crippen LogP contribution is 2.25. The summed E-state index contributed by atoms with van der Waals surface area (Å²) >= 11 is 0. The van der Waals surface area contributed by atoms with Crippen molar-refractivity contribution >= 4 is 0 Å². The zero-order valence-corrected chi connectivity index (χ0v) is 7.25. The minimum atomic E-state index is -0.00699. The first-order valence-electron chi connectivity index (χ1n) is 4.06. The van der Waals surface area contributed by atoms with Crippen LogP contribution in [0.3, 0.4) is 0 Å². The SMILES string of the molecule is Oc1cc(O)cc(-c2ncccn2)c1. The summed E-state index contributed by atoms with van der Waals surface area (Å²) < 4.78 is 0. The Labute approximate surface area is 80.5 Å². The Morgan fingerprint density at radius 1 is 0.857 bits per heavy atom. The molecule has 0 atom stereocenters. The molecule has 4 heteroatoms. The van der Waals surface area contributed by atoms with Crippen molar-refractivity contribution in [2.75, 3.05) is 0 Å². The summed E-state index contributed by atoms with van der Waals surface area (Å²) in [7, 11) is 0. The molecule has 1 aromatic heterocycles. The normalized spacial score (nSPS) is 10.0. The van der Waals surface area contributed by atoms with Gasteiger partial charge < -0.3 is 10.2 Å². The Balaban J connectivity index is 2.52. The van der Waals surface area contributed by atoms with E-state index in [1.54, 1.807) is 18.5 Å².